The molecule has 13 heteroatoms. The number of rotatable bonds is 10. The summed E-state index contributed by atoms with van der Waals surface area (Å²) < 4.78 is 41.4. The Morgan fingerprint density at radius 1 is 1.16 bits per heavy atom. The van der Waals surface area contributed by atoms with Crippen molar-refractivity contribution in [2.45, 2.75) is 44.6 Å². The van der Waals surface area contributed by atoms with Crippen LogP contribution in [-0.2, 0) is 28.2 Å². The van der Waals surface area contributed by atoms with Gasteiger partial charge in [0.2, 0.25) is 15.9 Å². The number of H-pyrrole nitrogens is 1. The molecule has 1 fully saturated rings. The van der Waals surface area contributed by atoms with E-state index in [1.165, 1.54) is 16.6 Å². The minimum Gasteiger partial charge on any atom is -0.472 e. The topological polar surface area (TPSA) is 136 Å². The van der Waals surface area contributed by atoms with E-state index in [1.807, 2.05) is 13.8 Å². The smallest absolute Gasteiger partial charge is 0.279 e. The second-order valence-electron chi connectivity index (χ2n) is 9.19. The second kappa shape index (κ2) is 11.3. The molecule has 3 aromatic rings. The summed E-state index contributed by atoms with van der Waals surface area (Å²) >= 11 is 0. The van der Waals surface area contributed by atoms with Gasteiger partial charge in [-0.1, -0.05) is 13.8 Å². The molecule has 4 heterocycles. The fraction of sp³-hybridized carbons (Fsp3) is 0.583. The van der Waals surface area contributed by atoms with Crippen molar-refractivity contribution in [3.8, 4) is 17.3 Å². The molecule has 1 atom stereocenters. The summed E-state index contributed by atoms with van der Waals surface area (Å²) in [6.07, 6.45) is 2.57. The van der Waals surface area contributed by atoms with E-state index in [0.29, 0.717) is 44.7 Å². The molecule has 4 rings (SSSR count). The molecule has 0 spiro atoms. The summed E-state index contributed by atoms with van der Waals surface area (Å²) in [6.45, 7) is 9.27. The number of aromatic nitrogens is 5. The van der Waals surface area contributed by atoms with Crippen molar-refractivity contribution in [3.63, 3.8) is 0 Å². The van der Waals surface area contributed by atoms with Crippen molar-refractivity contribution < 1.29 is 17.9 Å². The van der Waals surface area contributed by atoms with E-state index < -0.39 is 15.6 Å². The minimum absolute atomic E-state index is 0.0165. The normalized spacial score (nSPS) is 16.4. The molecule has 1 saturated heterocycles. The SMILES string of the molecule is CCCN1CCN(S(=O)(=O)c2cnc(OC(C)COC)c(-c3nc4c(CC)n(C)nc4c(=O)[nH]3)c2)CC1. The van der Waals surface area contributed by atoms with Gasteiger partial charge in [-0.05, 0) is 32.4 Å². The number of methoxy groups -OCH3 is 1. The van der Waals surface area contributed by atoms with Crippen LogP contribution in [0, 0.1) is 0 Å². The number of piperazine rings is 1. The highest BCUT2D eigenvalue weighted by Crippen LogP contribution is 2.31. The van der Waals surface area contributed by atoms with Crippen LogP contribution in [0.2, 0.25) is 0 Å². The van der Waals surface area contributed by atoms with Gasteiger partial charge in [0.15, 0.2) is 5.52 Å². The Hall–Kier alpha value is -2.87. The van der Waals surface area contributed by atoms with Crippen LogP contribution >= 0.6 is 0 Å². The van der Waals surface area contributed by atoms with Gasteiger partial charge in [-0.3, -0.25) is 9.48 Å². The van der Waals surface area contributed by atoms with Crippen LogP contribution in [0.1, 0.15) is 32.9 Å². The van der Waals surface area contributed by atoms with Gasteiger partial charge in [-0.2, -0.15) is 9.40 Å². The molecule has 3 aromatic heterocycles. The number of fused-ring (bicyclic) bond motifs is 1. The summed E-state index contributed by atoms with van der Waals surface area (Å²) in [5, 5.41) is 4.29. The summed E-state index contributed by atoms with van der Waals surface area (Å²) in [4.78, 5) is 27.0. The third-order valence-electron chi connectivity index (χ3n) is 6.45. The van der Waals surface area contributed by atoms with E-state index >= 15 is 0 Å². The fourth-order valence-electron chi connectivity index (χ4n) is 4.60. The molecule has 0 radical (unpaired) electrons. The number of aromatic amines is 1. The Morgan fingerprint density at radius 3 is 2.54 bits per heavy atom. The highest BCUT2D eigenvalue weighted by Gasteiger charge is 2.30. The molecule has 37 heavy (non-hydrogen) atoms. The number of nitrogens with one attached hydrogen (secondary N) is 1. The van der Waals surface area contributed by atoms with Gasteiger partial charge in [-0.15, -0.1) is 0 Å². The maximum atomic E-state index is 13.6. The summed E-state index contributed by atoms with van der Waals surface area (Å²) in [5.41, 5.74) is 1.32. The first kappa shape index (κ1) is 27.2. The van der Waals surface area contributed by atoms with Gasteiger partial charge < -0.3 is 19.4 Å². The molecular weight excluding hydrogens is 498 g/mol. The number of hydrogen-bond donors (Lipinski definition) is 1. The average Bonchev–Trinajstić information content (AvgIpc) is 3.20. The lowest BCUT2D eigenvalue weighted by Crippen LogP contribution is -2.48. The van der Waals surface area contributed by atoms with Gasteiger partial charge in [0.25, 0.3) is 5.56 Å². The molecule has 12 nitrogen and oxygen atoms in total. The number of sulfonamides is 1. The Morgan fingerprint density at radius 2 is 1.89 bits per heavy atom. The highest BCUT2D eigenvalue weighted by molar-refractivity contribution is 7.89. The molecule has 1 aliphatic rings. The number of pyridine rings is 1. The van der Waals surface area contributed by atoms with Crippen molar-refractivity contribution in [3.05, 3.63) is 28.3 Å². The lowest BCUT2D eigenvalue weighted by Gasteiger charge is -2.33. The molecule has 202 valence electrons. The first-order chi connectivity index (χ1) is 17.7. The fourth-order valence-corrected chi connectivity index (χ4v) is 6.00. The molecule has 1 N–H and O–H groups in total. The number of ether oxygens (including phenoxy) is 2. The first-order valence-corrected chi connectivity index (χ1v) is 14.0. The third kappa shape index (κ3) is 5.54. The van der Waals surface area contributed by atoms with Gasteiger partial charge in [0.1, 0.15) is 22.3 Å². The van der Waals surface area contributed by atoms with Crippen LogP contribution in [-0.4, -0.2) is 94.9 Å². The van der Waals surface area contributed by atoms with Crippen LogP contribution in [0.4, 0.5) is 0 Å². The number of nitrogens with zero attached hydrogens (tertiary/aromatic N) is 6. The Labute approximate surface area is 216 Å². The van der Waals surface area contributed by atoms with E-state index in [-0.39, 0.29) is 33.8 Å². The standard InChI is InChI=1S/C24H35N7O5S/c1-6-8-30-9-11-31(12-10-30)37(33,34)17-13-18(24(25-14-17)36-16(3)15-35-5)22-26-20-19(7-2)29(4)28-21(20)23(32)27-22/h13-14,16H,6-12,15H2,1-5H3,(H,26,27,32). The molecule has 0 bridgehead atoms. The molecule has 0 aliphatic carbocycles. The van der Waals surface area contributed by atoms with Crippen LogP contribution in [0.3, 0.4) is 0 Å². The van der Waals surface area contributed by atoms with Gasteiger partial charge in [0.05, 0.1) is 24.1 Å². The van der Waals surface area contributed by atoms with Crippen molar-refractivity contribution in [1.82, 2.24) is 33.9 Å². The van der Waals surface area contributed by atoms with E-state index in [1.54, 1.807) is 18.8 Å². The Kier molecular flexibility index (Phi) is 8.26. The molecule has 0 aromatic carbocycles. The molecule has 0 saturated carbocycles. The van der Waals surface area contributed by atoms with E-state index in [9.17, 15) is 13.2 Å². The minimum atomic E-state index is -3.82. The monoisotopic (exact) mass is 533 g/mol. The third-order valence-corrected chi connectivity index (χ3v) is 8.31. The van der Waals surface area contributed by atoms with Crippen molar-refractivity contribution in [2.24, 2.45) is 7.05 Å². The number of hydrogen-bond acceptors (Lipinski definition) is 9. The maximum absolute atomic E-state index is 13.6. The maximum Gasteiger partial charge on any atom is 0.279 e. The van der Waals surface area contributed by atoms with Gasteiger partial charge in [-0.25, -0.2) is 18.4 Å². The highest BCUT2D eigenvalue weighted by atomic mass is 32.2. The average molecular weight is 534 g/mol. The van der Waals surface area contributed by atoms with E-state index in [2.05, 4.69) is 31.9 Å². The van der Waals surface area contributed by atoms with E-state index in [4.69, 9.17) is 9.47 Å². The second-order valence-corrected chi connectivity index (χ2v) is 11.1. The van der Waals surface area contributed by atoms with Gasteiger partial charge >= 0.3 is 0 Å². The number of aryl methyl sites for hydroxylation is 2. The molecular formula is C24H35N7O5S. The van der Waals surface area contributed by atoms with E-state index in [0.717, 1.165) is 18.7 Å². The zero-order valence-electron chi connectivity index (χ0n) is 22.0. The largest absolute Gasteiger partial charge is 0.472 e. The lowest BCUT2D eigenvalue weighted by atomic mass is 10.2. The van der Waals surface area contributed by atoms with Crippen LogP contribution < -0.4 is 10.3 Å². The van der Waals surface area contributed by atoms with Crippen LogP contribution in [0.5, 0.6) is 5.88 Å². The summed E-state index contributed by atoms with van der Waals surface area (Å²) in [6, 6.07) is 1.47. The zero-order chi connectivity index (χ0) is 26.7. The molecule has 0 amide bonds. The van der Waals surface area contributed by atoms with Crippen LogP contribution in [0.25, 0.3) is 22.4 Å². The molecule has 1 aliphatic heterocycles. The van der Waals surface area contributed by atoms with Gasteiger partial charge in [0, 0.05) is 40.3 Å². The summed E-state index contributed by atoms with van der Waals surface area (Å²) in [5.74, 6) is 0.317. The molecule has 1 unspecified atom stereocenters. The quantitative estimate of drug-likeness (QED) is 0.410. The van der Waals surface area contributed by atoms with Crippen LogP contribution in [0.15, 0.2) is 22.0 Å². The first-order valence-electron chi connectivity index (χ1n) is 12.5. The predicted octanol–water partition coefficient (Wildman–Crippen LogP) is 1.41. The predicted molar refractivity (Wildman–Crippen MR) is 139 cm³/mol. The Balaban J connectivity index is 1.79. The zero-order valence-corrected chi connectivity index (χ0v) is 22.8. The van der Waals surface area contributed by atoms with Crippen molar-refractivity contribution in [2.75, 3.05) is 46.4 Å². The Bertz CT molecular complexity index is 1410. The van der Waals surface area contributed by atoms with Crippen molar-refractivity contribution in [1.29, 1.82) is 0 Å². The lowest BCUT2D eigenvalue weighted by molar-refractivity contribution is 0.0893. The summed E-state index contributed by atoms with van der Waals surface area (Å²) in [7, 11) is -0.499. The van der Waals surface area contributed by atoms with Crippen molar-refractivity contribution >= 4 is 21.1 Å².